The van der Waals surface area contributed by atoms with Crippen molar-refractivity contribution in [3.05, 3.63) is 22.2 Å². The fourth-order valence-corrected chi connectivity index (χ4v) is 2.25. The van der Waals surface area contributed by atoms with Crippen molar-refractivity contribution in [2.75, 3.05) is 25.6 Å². The van der Waals surface area contributed by atoms with Gasteiger partial charge in [-0.15, -0.1) is 0 Å². The number of halogens is 2. The first-order valence-electron chi connectivity index (χ1n) is 6.30. The number of amides is 1. The predicted octanol–water partition coefficient (Wildman–Crippen LogP) is 2.25. The van der Waals surface area contributed by atoms with Crippen LogP contribution in [-0.4, -0.2) is 31.8 Å². The highest BCUT2D eigenvalue weighted by molar-refractivity contribution is 6.42. The number of nitrogens with one attached hydrogen (secondary N) is 1. The molecule has 0 unspecified atom stereocenters. The minimum absolute atomic E-state index is 0.112. The van der Waals surface area contributed by atoms with Crippen molar-refractivity contribution >= 4 is 34.8 Å². The maximum atomic E-state index is 11.8. The van der Waals surface area contributed by atoms with E-state index in [1.807, 2.05) is 0 Å². The topological polar surface area (TPSA) is 73.6 Å². The average Bonchev–Trinajstić information content (AvgIpc) is 2.42. The van der Waals surface area contributed by atoms with Gasteiger partial charge in [0.1, 0.15) is 5.75 Å². The van der Waals surface area contributed by atoms with Crippen molar-refractivity contribution in [1.82, 2.24) is 5.32 Å². The molecule has 1 heterocycles. The van der Waals surface area contributed by atoms with Crippen LogP contribution in [0.15, 0.2) is 12.1 Å². The monoisotopic (exact) mass is 318 g/mol. The van der Waals surface area contributed by atoms with E-state index in [2.05, 4.69) is 5.32 Å². The Kier molecular flexibility index (Phi) is 5.34. The summed E-state index contributed by atoms with van der Waals surface area (Å²) in [5.74, 6) is 0.156. The third-order valence-corrected chi connectivity index (χ3v) is 3.72. The van der Waals surface area contributed by atoms with Gasteiger partial charge < -0.3 is 20.5 Å². The molecule has 1 amide bonds. The second-order valence-electron chi connectivity index (χ2n) is 4.55. The summed E-state index contributed by atoms with van der Waals surface area (Å²) >= 11 is 11.7. The van der Waals surface area contributed by atoms with Crippen LogP contribution in [0, 0.1) is 0 Å². The molecule has 1 saturated heterocycles. The van der Waals surface area contributed by atoms with Crippen molar-refractivity contribution in [2.24, 2.45) is 0 Å². The van der Waals surface area contributed by atoms with Gasteiger partial charge in [0, 0.05) is 25.3 Å². The van der Waals surface area contributed by atoms with Crippen LogP contribution in [0.25, 0.3) is 0 Å². The zero-order valence-electron chi connectivity index (χ0n) is 10.8. The molecule has 0 aromatic heterocycles. The zero-order valence-corrected chi connectivity index (χ0v) is 12.3. The van der Waals surface area contributed by atoms with Gasteiger partial charge in [-0.05, 0) is 18.9 Å². The number of anilines is 1. The van der Waals surface area contributed by atoms with Crippen LogP contribution in [0.4, 0.5) is 5.69 Å². The van der Waals surface area contributed by atoms with Crippen LogP contribution < -0.4 is 15.8 Å². The van der Waals surface area contributed by atoms with Crippen molar-refractivity contribution in [1.29, 1.82) is 0 Å². The van der Waals surface area contributed by atoms with Gasteiger partial charge in [-0.1, -0.05) is 23.2 Å². The quantitative estimate of drug-likeness (QED) is 0.835. The van der Waals surface area contributed by atoms with Crippen LogP contribution >= 0.6 is 23.2 Å². The Balaban J connectivity index is 1.85. The number of rotatable bonds is 4. The van der Waals surface area contributed by atoms with E-state index in [-0.39, 0.29) is 18.6 Å². The van der Waals surface area contributed by atoms with Gasteiger partial charge in [-0.25, -0.2) is 0 Å². The molecule has 0 aliphatic carbocycles. The van der Waals surface area contributed by atoms with Gasteiger partial charge in [-0.2, -0.15) is 0 Å². The number of ether oxygens (including phenoxy) is 2. The number of carbonyl (C=O) groups excluding carboxylic acids is 1. The van der Waals surface area contributed by atoms with Crippen molar-refractivity contribution in [2.45, 2.75) is 18.9 Å². The summed E-state index contributed by atoms with van der Waals surface area (Å²) in [5, 5.41) is 3.57. The summed E-state index contributed by atoms with van der Waals surface area (Å²) in [7, 11) is 0. The lowest BCUT2D eigenvalue weighted by Crippen LogP contribution is -2.41. The fourth-order valence-electron chi connectivity index (χ4n) is 1.92. The molecule has 0 atom stereocenters. The Labute approximate surface area is 127 Å². The third-order valence-electron chi connectivity index (χ3n) is 3.00. The summed E-state index contributed by atoms with van der Waals surface area (Å²) in [6, 6.07) is 3.14. The Bertz CT molecular complexity index is 491. The second-order valence-corrected chi connectivity index (χ2v) is 5.36. The summed E-state index contributed by atoms with van der Waals surface area (Å²) in [6.07, 6.45) is 1.64. The van der Waals surface area contributed by atoms with Crippen LogP contribution in [-0.2, 0) is 9.53 Å². The molecule has 5 nitrogen and oxygen atoms in total. The normalized spacial score (nSPS) is 15.9. The second kappa shape index (κ2) is 7.02. The molecule has 0 saturated carbocycles. The highest BCUT2D eigenvalue weighted by Crippen LogP contribution is 2.32. The lowest BCUT2D eigenvalue weighted by atomic mass is 10.1. The Morgan fingerprint density at radius 1 is 1.35 bits per heavy atom. The maximum Gasteiger partial charge on any atom is 0.258 e. The fraction of sp³-hybridized carbons (Fsp3) is 0.462. The molecule has 7 heteroatoms. The lowest BCUT2D eigenvalue weighted by Gasteiger charge is -2.23. The van der Waals surface area contributed by atoms with E-state index in [4.69, 9.17) is 38.4 Å². The number of carbonyl (C=O) groups is 1. The third kappa shape index (κ3) is 4.16. The van der Waals surface area contributed by atoms with Gasteiger partial charge in [0.05, 0.1) is 15.7 Å². The van der Waals surface area contributed by atoms with E-state index in [0.717, 1.165) is 12.8 Å². The molecule has 2 rings (SSSR count). The van der Waals surface area contributed by atoms with Crippen molar-refractivity contribution in [3.63, 3.8) is 0 Å². The molecule has 20 heavy (non-hydrogen) atoms. The van der Waals surface area contributed by atoms with Gasteiger partial charge in [0.15, 0.2) is 6.61 Å². The summed E-state index contributed by atoms with van der Waals surface area (Å²) in [6.45, 7) is 1.23. The van der Waals surface area contributed by atoms with E-state index >= 15 is 0 Å². The van der Waals surface area contributed by atoms with Crippen molar-refractivity contribution < 1.29 is 14.3 Å². The molecule has 110 valence electrons. The first-order valence-corrected chi connectivity index (χ1v) is 7.06. The van der Waals surface area contributed by atoms with Crippen molar-refractivity contribution in [3.8, 4) is 5.75 Å². The molecule has 1 aliphatic heterocycles. The Hall–Kier alpha value is -1.17. The molecular formula is C13H16Cl2N2O3. The standard InChI is InChI=1S/C13H16Cl2N2O3/c14-9-5-11(16)12(6-10(9)15)20-7-13(18)17-8-1-3-19-4-2-8/h5-6,8H,1-4,7,16H2,(H,17,18). The Morgan fingerprint density at radius 2 is 2.00 bits per heavy atom. The summed E-state index contributed by atoms with van der Waals surface area (Å²) < 4.78 is 10.6. The largest absolute Gasteiger partial charge is 0.482 e. The SMILES string of the molecule is Nc1cc(Cl)c(Cl)cc1OCC(=O)NC1CCOCC1. The Morgan fingerprint density at radius 3 is 2.70 bits per heavy atom. The van der Waals surface area contributed by atoms with Gasteiger partial charge in [-0.3, -0.25) is 4.79 Å². The number of hydrogen-bond donors (Lipinski definition) is 2. The van der Waals surface area contributed by atoms with Crippen LogP contribution in [0.5, 0.6) is 5.75 Å². The van der Waals surface area contributed by atoms with Crippen LogP contribution in [0.3, 0.4) is 0 Å². The molecule has 1 aromatic rings. The number of nitrogen functional groups attached to an aromatic ring is 1. The molecule has 3 N–H and O–H groups in total. The molecule has 0 radical (unpaired) electrons. The molecule has 0 bridgehead atoms. The molecule has 1 aliphatic rings. The van der Waals surface area contributed by atoms with Gasteiger partial charge in [0.25, 0.3) is 5.91 Å². The number of benzene rings is 1. The highest BCUT2D eigenvalue weighted by atomic mass is 35.5. The lowest BCUT2D eigenvalue weighted by molar-refractivity contribution is -0.124. The minimum atomic E-state index is -0.192. The summed E-state index contributed by atoms with van der Waals surface area (Å²) in [5.41, 5.74) is 6.09. The highest BCUT2D eigenvalue weighted by Gasteiger charge is 2.16. The number of nitrogens with two attached hydrogens (primary N) is 1. The molecule has 1 fully saturated rings. The maximum absolute atomic E-state index is 11.8. The van der Waals surface area contributed by atoms with Crippen LogP contribution in [0.2, 0.25) is 10.0 Å². The van der Waals surface area contributed by atoms with E-state index in [9.17, 15) is 4.79 Å². The number of hydrogen-bond acceptors (Lipinski definition) is 4. The van der Waals surface area contributed by atoms with Crippen LogP contribution in [0.1, 0.15) is 12.8 Å². The first kappa shape index (κ1) is 15.2. The smallest absolute Gasteiger partial charge is 0.258 e. The van der Waals surface area contributed by atoms with E-state index in [0.29, 0.717) is 34.7 Å². The van der Waals surface area contributed by atoms with E-state index < -0.39 is 0 Å². The molecular weight excluding hydrogens is 303 g/mol. The van der Waals surface area contributed by atoms with E-state index in [1.165, 1.54) is 12.1 Å². The first-order chi connectivity index (χ1) is 9.56. The van der Waals surface area contributed by atoms with Gasteiger partial charge >= 0.3 is 0 Å². The van der Waals surface area contributed by atoms with Gasteiger partial charge in [0.2, 0.25) is 0 Å². The van der Waals surface area contributed by atoms with E-state index in [1.54, 1.807) is 0 Å². The summed E-state index contributed by atoms with van der Waals surface area (Å²) in [4.78, 5) is 11.8. The molecule has 0 spiro atoms. The molecule has 1 aromatic carbocycles. The minimum Gasteiger partial charge on any atom is -0.482 e. The zero-order chi connectivity index (χ0) is 14.5. The average molecular weight is 319 g/mol. The predicted molar refractivity (Wildman–Crippen MR) is 78.4 cm³/mol.